The lowest BCUT2D eigenvalue weighted by atomic mass is 9.82. The fourth-order valence-electron chi connectivity index (χ4n) is 1.34. The molecule has 85 valence electrons. The molecule has 2 N–H and O–H groups in total. The van der Waals surface area contributed by atoms with Crippen LogP contribution in [0.2, 0.25) is 0 Å². The predicted octanol–water partition coefficient (Wildman–Crippen LogP) is 1.82. The molecule has 0 aliphatic carbocycles. The molecule has 0 bridgehead atoms. The molecular weight excluding hydrogens is 196 g/mol. The summed E-state index contributed by atoms with van der Waals surface area (Å²) in [5.41, 5.74) is -0.785. The third kappa shape index (κ3) is 7.97. The molecule has 1 unspecified atom stereocenters. The van der Waals surface area contributed by atoms with Crippen molar-refractivity contribution in [1.82, 2.24) is 0 Å². The van der Waals surface area contributed by atoms with Crippen molar-refractivity contribution in [2.45, 2.75) is 25.7 Å². The highest BCUT2D eigenvalue weighted by Gasteiger charge is 2.24. The second-order valence-electron chi connectivity index (χ2n) is 4.03. The maximum atomic E-state index is 10.8. The average Bonchev–Trinajstić information content (AvgIpc) is 1.99. The van der Waals surface area contributed by atoms with Gasteiger partial charge in [-0.1, -0.05) is 0 Å². The standard InChI is InChI=1S/C11H17O4/c1-11(2,3)7-8(10(14)15)5-4-6-9(12)13/h8H,1-7H2,(H,12,13)(H,14,15). The molecule has 0 amide bonds. The number of hydrogen-bond acceptors (Lipinski definition) is 2. The number of aliphatic carboxylic acids is 2. The van der Waals surface area contributed by atoms with Gasteiger partial charge in [-0.15, -0.1) is 0 Å². The quantitative estimate of drug-likeness (QED) is 0.676. The zero-order chi connectivity index (χ0) is 12.1. The van der Waals surface area contributed by atoms with Crippen LogP contribution in [0.1, 0.15) is 25.7 Å². The van der Waals surface area contributed by atoms with Crippen molar-refractivity contribution in [3.05, 3.63) is 20.8 Å². The Hall–Kier alpha value is -1.06. The maximum Gasteiger partial charge on any atom is 0.306 e. The van der Waals surface area contributed by atoms with Gasteiger partial charge in [-0.3, -0.25) is 9.59 Å². The minimum absolute atomic E-state index is 0.0117. The van der Waals surface area contributed by atoms with Gasteiger partial charge in [0.25, 0.3) is 0 Å². The number of carboxylic acids is 2. The molecular formula is C11H17O4. The minimum atomic E-state index is -0.944. The molecule has 4 heteroatoms. The van der Waals surface area contributed by atoms with Crippen LogP contribution in [0.5, 0.6) is 0 Å². The van der Waals surface area contributed by atoms with Crippen LogP contribution < -0.4 is 0 Å². The summed E-state index contributed by atoms with van der Waals surface area (Å²) in [6.07, 6.45) is 0.913. The van der Waals surface area contributed by atoms with Crippen LogP contribution in [0, 0.1) is 32.1 Å². The van der Waals surface area contributed by atoms with Crippen molar-refractivity contribution < 1.29 is 19.8 Å². The van der Waals surface area contributed by atoms with Gasteiger partial charge in [-0.2, -0.15) is 0 Å². The molecule has 0 aromatic carbocycles. The highest BCUT2D eigenvalue weighted by Crippen LogP contribution is 2.26. The largest absolute Gasteiger partial charge is 0.481 e. The molecule has 0 aliphatic heterocycles. The van der Waals surface area contributed by atoms with Crippen LogP contribution in [0.15, 0.2) is 0 Å². The van der Waals surface area contributed by atoms with E-state index in [0.717, 1.165) is 0 Å². The van der Waals surface area contributed by atoms with Crippen molar-refractivity contribution in [3.8, 4) is 0 Å². The summed E-state index contributed by atoms with van der Waals surface area (Å²) in [6.45, 7) is 10.9. The molecule has 0 saturated heterocycles. The van der Waals surface area contributed by atoms with Crippen molar-refractivity contribution in [2.24, 2.45) is 11.3 Å². The molecule has 0 fully saturated rings. The first kappa shape index (κ1) is 13.9. The summed E-state index contributed by atoms with van der Waals surface area (Å²) in [5.74, 6) is -2.47. The van der Waals surface area contributed by atoms with Crippen LogP contribution in [-0.2, 0) is 9.59 Å². The predicted molar refractivity (Wildman–Crippen MR) is 55.7 cm³/mol. The Morgan fingerprint density at radius 2 is 1.73 bits per heavy atom. The normalized spacial score (nSPS) is 13.5. The fraction of sp³-hybridized carbons (Fsp3) is 0.545. The number of carboxylic acid groups (broad SMARTS) is 2. The van der Waals surface area contributed by atoms with Crippen LogP contribution >= 0.6 is 0 Å². The average molecular weight is 213 g/mol. The summed E-state index contributed by atoms with van der Waals surface area (Å²) in [6, 6.07) is 0. The molecule has 4 nitrogen and oxygen atoms in total. The van der Waals surface area contributed by atoms with E-state index in [1.807, 2.05) is 0 Å². The Bertz CT molecular complexity index is 227. The molecule has 0 heterocycles. The van der Waals surface area contributed by atoms with Gasteiger partial charge in [0.2, 0.25) is 0 Å². The van der Waals surface area contributed by atoms with E-state index in [4.69, 9.17) is 10.2 Å². The van der Waals surface area contributed by atoms with E-state index in [2.05, 4.69) is 20.8 Å². The summed E-state index contributed by atoms with van der Waals surface area (Å²) in [7, 11) is 0. The smallest absolute Gasteiger partial charge is 0.306 e. The van der Waals surface area contributed by atoms with E-state index < -0.39 is 23.3 Å². The highest BCUT2D eigenvalue weighted by molar-refractivity contribution is 5.70. The summed E-state index contributed by atoms with van der Waals surface area (Å²) in [4.78, 5) is 21.1. The van der Waals surface area contributed by atoms with Crippen molar-refractivity contribution in [2.75, 3.05) is 0 Å². The fourth-order valence-corrected chi connectivity index (χ4v) is 1.34. The van der Waals surface area contributed by atoms with Gasteiger partial charge in [-0.05, 0) is 45.4 Å². The Balaban J connectivity index is 4.06. The first-order valence-corrected chi connectivity index (χ1v) is 4.73. The molecule has 3 radical (unpaired) electrons. The first-order valence-electron chi connectivity index (χ1n) is 4.73. The van der Waals surface area contributed by atoms with Gasteiger partial charge in [-0.25, -0.2) is 0 Å². The molecule has 0 aromatic rings. The number of carbonyl (C=O) groups is 2. The van der Waals surface area contributed by atoms with Crippen molar-refractivity contribution in [3.63, 3.8) is 0 Å². The minimum Gasteiger partial charge on any atom is -0.481 e. The Morgan fingerprint density at radius 1 is 1.20 bits per heavy atom. The van der Waals surface area contributed by atoms with E-state index in [9.17, 15) is 9.59 Å². The molecule has 0 spiro atoms. The van der Waals surface area contributed by atoms with Gasteiger partial charge in [0.1, 0.15) is 0 Å². The molecule has 0 rings (SSSR count). The van der Waals surface area contributed by atoms with Crippen LogP contribution in [0.3, 0.4) is 0 Å². The zero-order valence-electron chi connectivity index (χ0n) is 8.74. The molecule has 0 saturated carbocycles. The van der Waals surface area contributed by atoms with E-state index in [0.29, 0.717) is 12.8 Å². The summed E-state index contributed by atoms with van der Waals surface area (Å²) < 4.78 is 0. The lowest BCUT2D eigenvalue weighted by molar-refractivity contribution is -0.143. The maximum absolute atomic E-state index is 10.8. The van der Waals surface area contributed by atoms with Gasteiger partial charge in [0.15, 0.2) is 0 Å². The van der Waals surface area contributed by atoms with Gasteiger partial charge >= 0.3 is 11.9 Å². The van der Waals surface area contributed by atoms with E-state index in [1.165, 1.54) is 0 Å². The third-order valence-corrected chi connectivity index (χ3v) is 1.97. The SMILES string of the molecule is [CH2]C([CH2])([CH2])CC(CCCC(=O)O)C(=O)O. The van der Waals surface area contributed by atoms with E-state index in [1.54, 1.807) is 0 Å². The first-order chi connectivity index (χ1) is 6.72. The number of rotatable bonds is 7. The van der Waals surface area contributed by atoms with Crippen molar-refractivity contribution in [1.29, 1.82) is 0 Å². The van der Waals surface area contributed by atoms with Gasteiger partial charge in [0, 0.05) is 6.42 Å². The lowest BCUT2D eigenvalue weighted by Gasteiger charge is -2.22. The highest BCUT2D eigenvalue weighted by atomic mass is 16.4. The molecule has 0 aliphatic rings. The topological polar surface area (TPSA) is 74.6 Å². The second-order valence-corrected chi connectivity index (χ2v) is 4.03. The van der Waals surface area contributed by atoms with Crippen LogP contribution in [0.4, 0.5) is 0 Å². The van der Waals surface area contributed by atoms with Crippen LogP contribution in [-0.4, -0.2) is 22.2 Å². The van der Waals surface area contributed by atoms with E-state index >= 15 is 0 Å². The van der Waals surface area contributed by atoms with Crippen molar-refractivity contribution >= 4 is 11.9 Å². The lowest BCUT2D eigenvalue weighted by Crippen LogP contribution is -2.21. The van der Waals surface area contributed by atoms with Crippen LogP contribution in [0.25, 0.3) is 0 Å². The van der Waals surface area contributed by atoms with E-state index in [-0.39, 0.29) is 12.8 Å². The molecule has 15 heavy (non-hydrogen) atoms. The Morgan fingerprint density at radius 3 is 2.07 bits per heavy atom. The zero-order valence-corrected chi connectivity index (χ0v) is 8.74. The van der Waals surface area contributed by atoms with Gasteiger partial charge in [0.05, 0.1) is 5.92 Å². The van der Waals surface area contributed by atoms with Gasteiger partial charge < -0.3 is 10.2 Å². The monoisotopic (exact) mass is 213 g/mol. The molecule has 1 atom stereocenters. The number of hydrogen-bond donors (Lipinski definition) is 2. The summed E-state index contributed by atoms with van der Waals surface area (Å²) in [5, 5.41) is 17.3. The Labute approximate surface area is 90.3 Å². The Kier molecular flexibility index (Phi) is 5.33. The third-order valence-electron chi connectivity index (χ3n) is 1.97. The second kappa shape index (κ2) is 5.73. The summed E-state index contributed by atoms with van der Waals surface area (Å²) >= 11 is 0. The molecule has 0 aromatic heterocycles.